The Bertz CT molecular complexity index is 557. The molecule has 1 aromatic rings. The molecule has 1 aliphatic carbocycles. The van der Waals surface area contributed by atoms with E-state index in [1.807, 2.05) is 4.68 Å². The van der Waals surface area contributed by atoms with Crippen molar-refractivity contribution in [2.75, 3.05) is 6.54 Å². The van der Waals surface area contributed by atoms with Gasteiger partial charge in [-0.15, -0.1) is 24.8 Å². The highest BCUT2D eigenvalue weighted by molar-refractivity contribution is 5.85. The van der Waals surface area contributed by atoms with E-state index in [9.17, 15) is 4.79 Å². The van der Waals surface area contributed by atoms with Gasteiger partial charge in [-0.05, 0) is 37.6 Å². The van der Waals surface area contributed by atoms with Gasteiger partial charge < -0.3 is 11.1 Å². The minimum atomic E-state index is 0. The van der Waals surface area contributed by atoms with Crippen molar-refractivity contribution in [2.24, 2.45) is 11.1 Å². The molecule has 1 amide bonds. The molecular formula is C17H31Cl2N5O. The van der Waals surface area contributed by atoms with Crippen LogP contribution in [0.2, 0.25) is 0 Å². The fraction of sp³-hybridized carbons (Fsp3) is 0.824. The first-order chi connectivity index (χ1) is 11.2. The second-order valence-corrected chi connectivity index (χ2v) is 7.17. The molecule has 6 nitrogen and oxygen atoms in total. The number of hydrogen-bond donors (Lipinski definition) is 2. The van der Waals surface area contributed by atoms with Gasteiger partial charge in [-0.25, -0.2) is 9.67 Å². The lowest BCUT2D eigenvalue weighted by molar-refractivity contribution is -0.124. The van der Waals surface area contributed by atoms with Crippen LogP contribution in [-0.4, -0.2) is 27.2 Å². The Hall–Kier alpha value is -0.850. The van der Waals surface area contributed by atoms with Gasteiger partial charge >= 0.3 is 0 Å². The van der Waals surface area contributed by atoms with Crippen molar-refractivity contribution in [3.05, 3.63) is 11.6 Å². The number of aryl methyl sites for hydroxylation is 2. The molecule has 25 heavy (non-hydrogen) atoms. The highest BCUT2D eigenvalue weighted by Crippen LogP contribution is 2.38. The van der Waals surface area contributed by atoms with Crippen LogP contribution in [0.1, 0.15) is 76.0 Å². The number of carbonyl (C=O) groups excluding carboxylic acids is 1. The van der Waals surface area contributed by atoms with E-state index < -0.39 is 0 Å². The van der Waals surface area contributed by atoms with Crippen molar-refractivity contribution in [1.82, 2.24) is 20.1 Å². The Labute approximate surface area is 162 Å². The molecule has 0 saturated heterocycles. The summed E-state index contributed by atoms with van der Waals surface area (Å²) in [5.41, 5.74) is 6.02. The van der Waals surface area contributed by atoms with Gasteiger partial charge in [0.15, 0.2) is 5.82 Å². The zero-order valence-corrected chi connectivity index (χ0v) is 16.6. The zero-order chi connectivity index (χ0) is 16.3. The maximum atomic E-state index is 12.6. The van der Waals surface area contributed by atoms with E-state index in [1.165, 1.54) is 19.3 Å². The smallest absolute Gasteiger partial charge is 0.221 e. The van der Waals surface area contributed by atoms with Crippen molar-refractivity contribution in [2.45, 2.75) is 77.3 Å². The third-order valence-corrected chi connectivity index (χ3v) is 5.45. The predicted molar refractivity (Wildman–Crippen MR) is 103 cm³/mol. The minimum absolute atomic E-state index is 0. The molecule has 3 N–H and O–H groups in total. The molecule has 1 aliphatic heterocycles. The number of aromatic nitrogens is 3. The number of amides is 1. The average Bonchev–Trinajstić information content (AvgIpc) is 3.00. The van der Waals surface area contributed by atoms with Gasteiger partial charge in [0.1, 0.15) is 5.82 Å². The van der Waals surface area contributed by atoms with Crippen molar-refractivity contribution < 1.29 is 4.79 Å². The van der Waals surface area contributed by atoms with Gasteiger partial charge in [0, 0.05) is 19.4 Å². The molecule has 1 fully saturated rings. The topological polar surface area (TPSA) is 85.8 Å². The monoisotopic (exact) mass is 391 g/mol. The Morgan fingerprint density at radius 2 is 2.00 bits per heavy atom. The standard InChI is InChI=1S/C17H29N5O.2ClH/c1-2-14-20-16-13(7-6-10-22(16)21-14)19-15(23)11-17(12-18)8-4-3-5-9-17;;/h13H,2-12,18H2,1H3,(H,19,23);2*1H. The van der Waals surface area contributed by atoms with Crippen LogP contribution in [0.4, 0.5) is 0 Å². The lowest BCUT2D eigenvalue weighted by atomic mass is 9.71. The van der Waals surface area contributed by atoms with Gasteiger partial charge in [0.2, 0.25) is 5.91 Å². The van der Waals surface area contributed by atoms with Crippen LogP contribution < -0.4 is 11.1 Å². The fourth-order valence-corrected chi connectivity index (χ4v) is 4.03. The first-order valence-corrected chi connectivity index (χ1v) is 9.09. The SMILES string of the molecule is CCc1nc2n(n1)CCCC2NC(=O)CC1(CN)CCCCC1.Cl.Cl. The van der Waals surface area contributed by atoms with E-state index in [0.717, 1.165) is 50.3 Å². The molecule has 2 aliphatic rings. The Kier molecular flexibility index (Phi) is 8.64. The fourth-order valence-electron chi connectivity index (χ4n) is 4.03. The molecule has 144 valence electrons. The van der Waals surface area contributed by atoms with Crippen LogP contribution in [0.25, 0.3) is 0 Å². The van der Waals surface area contributed by atoms with Gasteiger partial charge in [-0.3, -0.25) is 4.79 Å². The summed E-state index contributed by atoms with van der Waals surface area (Å²) in [7, 11) is 0. The predicted octanol–water partition coefficient (Wildman–Crippen LogP) is 2.93. The minimum Gasteiger partial charge on any atom is -0.346 e. The summed E-state index contributed by atoms with van der Waals surface area (Å²) in [5.74, 6) is 1.91. The lowest BCUT2D eigenvalue weighted by Gasteiger charge is -2.36. The lowest BCUT2D eigenvalue weighted by Crippen LogP contribution is -2.40. The Balaban J connectivity index is 0.00000156. The number of nitrogens with two attached hydrogens (primary N) is 1. The highest BCUT2D eigenvalue weighted by Gasteiger charge is 2.34. The first kappa shape index (κ1) is 22.2. The number of nitrogens with zero attached hydrogens (tertiary/aromatic N) is 3. The Morgan fingerprint density at radius 1 is 1.28 bits per heavy atom. The highest BCUT2D eigenvalue weighted by atomic mass is 35.5. The molecule has 3 rings (SSSR count). The van der Waals surface area contributed by atoms with Crippen LogP contribution in [0, 0.1) is 5.41 Å². The van der Waals surface area contributed by atoms with E-state index in [4.69, 9.17) is 5.73 Å². The van der Waals surface area contributed by atoms with E-state index in [2.05, 4.69) is 22.3 Å². The van der Waals surface area contributed by atoms with E-state index in [0.29, 0.717) is 13.0 Å². The quantitative estimate of drug-likeness (QED) is 0.807. The summed E-state index contributed by atoms with van der Waals surface area (Å²) in [6.45, 7) is 3.58. The summed E-state index contributed by atoms with van der Waals surface area (Å²) in [6, 6.07) is 0.00228. The number of hydrogen-bond acceptors (Lipinski definition) is 4. The molecule has 1 atom stereocenters. The van der Waals surface area contributed by atoms with Gasteiger partial charge in [0.05, 0.1) is 6.04 Å². The van der Waals surface area contributed by atoms with Gasteiger partial charge in [0.25, 0.3) is 0 Å². The first-order valence-electron chi connectivity index (χ1n) is 9.09. The van der Waals surface area contributed by atoms with E-state index in [1.54, 1.807) is 0 Å². The summed E-state index contributed by atoms with van der Waals surface area (Å²) in [5, 5.41) is 7.71. The van der Waals surface area contributed by atoms with Crippen molar-refractivity contribution in [3.8, 4) is 0 Å². The summed E-state index contributed by atoms with van der Waals surface area (Å²) >= 11 is 0. The zero-order valence-electron chi connectivity index (χ0n) is 15.0. The molecule has 0 bridgehead atoms. The number of carbonyl (C=O) groups is 1. The van der Waals surface area contributed by atoms with Crippen LogP contribution in [0.5, 0.6) is 0 Å². The number of nitrogens with one attached hydrogen (secondary N) is 1. The van der Waals surface area contributed by atoms with Gasteiger partial charge in [-0.1, -0.05) is 26.2 Å². The van der Waals surface area contributed by atoms with Crippen LogP contribution in [0.3, 0.4) is 0 Å². The molecular weight excluding hydrogens is 361 g/mol. The maximum Gasteiger partial charge on any atom is 0.221 e. The third-order valence-electron chi connectivity index (χ3n) is 5.45. The molecule has 1 aromatic heterocycles. The largest absolute Gasteiger partial charge is 0.346 e. The number of halogens is 2. The second kappa shape index (κ2) is 9.74. The Morgan fingerprint density at radius 3 is 2.64 bits per heavy atom. The van der Waals surface area contributed by atoms with Crippen LogP contribution >= 0.6 is 24.8 Å². The molecule has 0 aromatic carbocycles. The molecule has 8 heteroatoms. The van der Waals surface area contributed by atoms with Crippen molar-refractivity contribution in [3.63, 3.8) is 0 Å². The van der Waals surface area contributed by atoms with Crippen LogP contribution in [-0.2, 0) is 17.8 Å². The average molecular weight is 392 g/mol. The second-order valence-electron chi connectivity index (χ2n) is 7.17. The molecule has 0 spiro atoms. The van der Waals surface area contributed by atoms with Gasteiger partial charge in [-0.2, -0.15) is 5.10 Å². The summed E-state index contributed by atoms with van der Waals surface area (Å²) in [4.78, 5) is 17.2. The summed E-state index contributed by atoms with van der Waals surface area (Å²) < 4.78 is 1.96. The molecule has 2 heterocycles. The molecule has 1 saturated carbocycles. The normalized spacial score (nSPS) is 21.4. The summed E-state index contributed by atoms with van der Waals surface area (Å²) in [6.07, 6.45) is 9.19. The number of fused-ring (bicyclic) bond motifs is 1. The maximum absolute atomic E-state index is 12.6. The molecule has 0 radical (unpaired) electrons. The molecule has 1 unspecified atom stereocenters. The van der Waals surface area contributed by atoms with Crippen molar-refractivity contribution >= 4 is 30.7 Å². The van der Waals surface area contributed by atoms with E-state index >= 15 is 0 Å². The van der Waals surface area contributed by atoms with Crippen molar-refractivity contribution in [1.29, 1.82) is 0 Å². The number of rotatable bonds is 5. The van der Waals surface area contributed by atoms with E-state index in [-0.39, 0.29) is 42.2 Å². The third kappa shape index (κ3) is 5.08. The van der Waals surface area contributed by atoms with Crippen LogP contribution in [0.15, 0.2) is 0 Å².